The molecule has 19 heavy (non-hydrogen) atoms. The molecule has 1 aromatic heterocycles. The van der Waals surface area contributed by atoms with Gasteiger partial charge in [0.15, 0.2) is 0 Å². The van der Waals surface area contributed by atoms with Crippen molar-refractivity contribution in [1.82, 2.24) is 9.88 Å². The van der Waals surface area contributed by atoms with Crippen LogP contribution >= 0.6 is 27.3 Å². The SMILES string of the molecule is Brc1ccc(C2CN(Cc3nccs3)CCO2)cc1. The summed E-state index contributed by atoms with van der Waals surface area (Å²) in [5.74, 6) is 0. The van der Waals surface area contributed by atoms with Gasteiger partial charge < -0.3 is 4.74 Å². The third-order valence-corrected chi connectivity index (χ3v) is 4.53. The average molecular weight is 339 g/mol. The highest BCUT2D eigenvalue weighted by Crippen LogP contribution is 2.24. The van der Waals surface area contributed by atoms with Gasteiger partial charge in [-0.2, -0.15) is 0 Å². The van der Waals surface area contributed by atoms with Crippen molar-refractivity contribution >= 4 is 27.3 Å². The molecule has 1 unspecified atom stereocenters. The molecular formula is C14H15BrN2OS. The number of hydrogen-bond acceptors (Lipinski definition) is 4. The Kier molecular flexibility index (Phi) is 4.28. The predicted octanol–water partition coefficient (Wildman–Crippen LogP) is 3.48. The normalized spacial score (nSPS) is 20.6. The summed E-state index contributed by atoms with van der Waals surface area (Å²) >= 11 is 5.18. The second kappa shape index (κ2) is 6.13. The molecule has 0 spiro atoms. The summed E-state index contributed by atoms with van der Waals surface area (Å²) < 4.78 is 6.98. The van der Waals surface area contributed by atoms with Gasteiger partial charge in [0.1, 0.15) is 5.01 Å². The fourth-order valence-electron chi connectivity index (χ4n) is 2.25. The lowest BCUT2D eigenvalue weighted by Crippen LogP contribution is -2.37. The number of hydrogen-bond donors (Lipinski definition) is 0. The van der Waals surface area contributed by atoms with Crippen molar-refractivity contribution in [3.8, 4) is 0 Å². The summed E-state index contributed by atoms with van der Waals surface area (Å²) in [6, 6.07) is 8.39. The highest BCUT2D eigenvalue weighted by molar-refractivity contribution is 9.10. The lowest BCUT2D eigenvalue weighted by molar-refractivity contribution is -0.0329. The molecule has 1 aliphatic heterocycles. The Morgan fingerprint density at radius 2 is 2.21 bits per heavy atom. The standard InChI is InChI=1S/C14H15BrN2OS/c15-12-3-1-11(2-4-12)13-9-17(6-7-18-13)10-14-16-5-8-19-14/h1-5,8,13H,6-7,9-10H2. The second-order valence-corrected chi connectivity index (χ2v) is 6.47. The molecule has 0 radical (unpaired) electrons. The highest BCUT2D eigenvalue weighted by atomic mass is 79.9. The number of benzene rings is 1. The van der Waals surface area contributed by atoms with Crippen LogP contribution < -0.4 is 0 Å². The van der Waals surface area contributed by atoms with Crippen molar-refractivity contribution in [2.24, 2.45) is 0 Å². The van der Waals surface area contributed by atoms with Crippen LogP contribution in [0, 0.1) is 0 Å². The number of rotatable bonds is 3. The molecule has 1 atom stereocenters. The molecule has 1 aliphatic rings. The van der Waals surface area contributed by atoms with Gasteiger partial charge in [-0.1, -0.05) is 28.1 Å². The Labute approximate surface area is 125 Å². The molecule has 0 saturated carbocycles. The summed E-state index contributed by atoms with van der Waals surface area (Å²) in [6.45, 7) is 3.62. The third-order valence-electron chi connectivity index (χ3n) is 3.23. The lowest BCUT2D eigenvalue weighted by atomic mass is 10.1. The molecule has 0 bridgehead atoms. The first-order valence-electron chi connectivity index (χ1n) is 6.29. The second-order valence-electron chi connectivity index (χ2n) is 4.57. The van der Waals surface area contributed by atoms with E-state index in [-0.39, 0.29) is 6.10 Å². The van der Waals surface area contributed by atoms with E-state index in [0.29, 0.717) is 0 Å². The Hall–Kier alpha value is -0.750. The molecular weight excluding hydrogens is 324 g/mol. The van der Waals surface area contributed by atoms with Crippen LogP contribution in [0.25, 0.3) is 0 Å². The van der Waals surface area contributed by atoms with Gasteiger partial charge in [0.05, 0.1) is 19.3 Å². The van der Waals surface area contributed by atoms with Gasteiger partial charge in [0, 0.05) is 29.1 Å². The van der Waals surface area contributed by atoms with Crippen molar-refractivity contribution in [3.05, 3.63) is 50.9 Å². The number of thiazole rings is 1. The predicted molar refractivity (Wildman–Crippen MR) is 80.2 cm³/mol. The van der Waals surface area contributed by atoms with E-state index < -0.39 is 0 Å². The average Bonchev–Trinajstić information content (AvgIpc) is 2.93. The van der Waals surface area contributed by atoms with Crippen molar-refractivity contribution in [2.45, 2.75) is 12.6 Å². The third kappa shape index (κ3) is 3.42. The Balaban J connectivity index is 1.66. The van der Waals surface area contributed by atoms with E-state index in [1.165, 1.54) is 10.6 Å². The zero-order valence-electron chi connectivity index (χ0n) is 10.5. The fraction of sp³-hybridized carbons (Fsp3) is 0.357. The van der Waals surface area contributed by atoms with Crippen LogP contribution in [-0.2, 0) is 11.3 Å². The molecule has 0 aliphatic carbocycles. The maximum Gasteiger partial charge on any atom is 0.107 e. The lowest BCUT2D eigenvalue weighted by Gasteiger charge is -2.32. The Morgan fingerprint density at radius 1 is 1.37 bits per heavy atom. The monoisotopic (exact) mass is 338 g/mol. The van der Waals surface area contributed by atoms with Gasteiger partial charge in [-0.15, -0.1) is 11.3 Å². The zero-order chi connectivity index (χ0) is 13.1. The molecule has 1 aromatic carbocycles. The van der Waals surface area contributed by atoms with Crippen molar-refractivity contribution < 1.29 is 4.74 Å². The van der Waals surface area contributed by atoms with E-state index >= 15 is 0 Å². The maximum absolute atomic E-state index is 5.88. The van der Waals surface area contributed by atoms with Gasteiger partial charge in [-0.25, -0.2) is 4.98 Å². The highest BCUT2D eigenvalue weighted by Gasteiger charge is 2.22. The first-order valence-corrected chi connectivity index (χ1v) is 7.96. The van der Waals surface area contributed by atoms with Crippen LogP contribution in [-0.4, -0.2) is 29.6 Å². The first kappa shape index (κ1) is 13.2. The maximum atomic E-state index is 5.88. The van der Waals surface area contributed by atoms with E-state index in [4.69, 9.17) is 4.74 Å². The summed E-state index contributed by atoms with van der Waals surface area (Å²) in [5, 5.41) is 3.21. The fourth-order valence-corrected chi connectivity index (χ4v) is 3.17. The van der Waals surface area contributed by atoms with E-state index in [0.717, 1.165) is 30.7 Å². The molecule has 1 saturated heterocycles. The van der Waals surface area contributed by atoms with Crippen molar-refractivity contribution in [3.63, 3.8) is 0 Å². The summed E-state index contributed by atoms with van der Waals surface area (Å²) in [6.07, 6.45) is 2.04. The number of morpholine rings is 1. The molecule has 0 amide bonds. The molecule has 2 heterocycles. The number of aromatic nitrogens is 1. The van der Waals surface area contributed by atoms with Crippen LogP contribution in [0.3, 0.4) is 0 Å². The molecule has 3 nitrogen and oxygen atoms in total. The largest absolute Gasteiger partial charge is 0.371 e. The smallest absolute Gasteiger partial charge is 0.107 e. The van der Waals surface area contributed by atoms with Crippen LogP contribution in [0.5, 0.6) is 0 Å². The van der Waals surface area contributed by atoms with Gasteiger partial charge in [-0.05, 0) is 17.7 Å². The Bertz CT molecular complexity index is 515. The Morgan fingerprint density at radius 3 is 2.95 bits per heavy atom. The van der Waals surface area contributed by atoms with E-state index in [1.54, 1.807) is 11.3 Å². The number of halogens is 1. The van der Waals surface area contributed by atoms with Crippen LogP contribution in [0.1, 0.15) is 16.7 Å². The van der Waals surface area contributed by atoms with E-state index in [1.807, 2.05) is 11.6 Å². The number of ether oxygens (including phenoxy) is 1. The minimum absolute atomic E-state index is 0.168. The molecule has 3 rings (SSSR count). The minimum Gasteiger partial charge on any atom is -0.371 e. The molecule has 2 aromatic rings. The topological polar surface area (TPSA) is 25.4 Å². The van der Waals surface area contributed by atoms with E-state index in [2.05, 4.69) is 50.1 Å². The van der Waals surface area contributed by atoms with Gasteiger partial charge >= 0.3 is 0 Å². The van der Waals surface area contributed by atoms with Gasteiger partial charge in [0.2, 0.25) is 0 Å². The summed E-state index contributed by atoms with van der Waals surface area (Å²) in [7, 11) is 0. The van der Waals surface area contributed by atoms with Crippen molar-refractivity contribution in [2.75, 3.05) is 19.7 Å². The van der Waals surface area contributed by atoms with Crippen LogP contribution in [0.15, 0.2) is 40.3 Å². The molecule has 5 heteroatoms. The quantitative estimate of drug-likeness (QED) is 0.856. The number of nitrogens with zero attached hydrogens (tertiary/aromatic N) is 2. The van der Waals surface area contributed by atoms with Gasteiger partial charge in [-0.3, -0.25) is 4.90 Å². The summed E-state index contributed by atoms with van der Waals surface area (Å²) in [5.41, 5.74) is 1.24. The summed E-state index contributed by atoms with van der Waals surface area (Å²) in [4.78, 5) is 6.76. The van der Waals surface area contributed by atoms with Crippen molar-refractivity contribution in [1.29, 1.82) is 0 Å². The minimum atomic E-state index is 0.168. The molecule has 1 fully saturated rings. The molecule has 0 N–H and O–H groups in total. The van der Waals surface area contributed by atoms with Crippen LogP contribution in [0.2, 0.25) is 0 Å². The first-order chi connectivity index (χ1) is 9.31. The molecule has 100 valence electrons. The van der Waals surface area contributed by atoms with E-state index in [9.17, 15) is 0 Å². The zero-order valence-corrected chi connectivity index (χ0v) is 12.9. The van der Waals surface area contributed by atoms with Crippen LogP contribution in [0.4, 0.5) is 0 Å². The van der Waals surface area contributed by atoms with Gasteiger partial charge in [0.25, 0.3) is 0 Å².